The van der Waals surface area contributed by atoms with Gasteiger partial charge in [-0.05, 0) is 26.6 Å². The highest BCUT2D eigenvalue weighted by Gasteiger charge is 2.33. The van der Waals surface area contributed by atoms with Gasteiger partial charge in [-0.25, -0.2) is 9.18 Å². The molecule has 0 bridgehead atoms. The molecule has 0 radical (unpaired) electrons. The van der Waals surface area contributed by atoms with Crippen LogP contribution in [0.2, 0.25) is 0 Å². The lowest BCUT2D eigenvalue weighted by atomic mass is 10.1. The number of nitrogens with two attached hydrogens (primary N) is 1. The van der Waals surface area contributed by atoms with E-state index in [1.165, 1.54) is 0 Å². The first-order chi connectivity index (χ1) is 9.79. The third-order valence-corrected chi connectivity index (χ3v) is 3.62. The van der Waals surface area contributed by atoms with Gasteiger partial charge < -0.3 is 25.7 Å². The van der Waals surface area contributed by atoms with Crippen LogP contribution < -0.4 is 10.6 Å². The number of rotatable bonds is 4. The Morgan fingerprint density at radius 2 is 2.19 bits per heavy atom. The van der Waals surface area contributed by atoms with Crippen LogP contribution in [0.15, 0.2) is 12.1 Å². The Balaban J connectivity index is 2.36. The second kappa shape index (κ2) is 5.87. The molecule has 1 aliphatic heterocycles. The summed E-state index contributed by atoms with van der Waals surface area (Å²) in [5.41, 5.74) is 6.07. The molecular formula is C14H20FN3O3. The zero-order valence-electron chi connectivity index (χ0n) is 12.1. The highest BCUT2D eigenvalue weighted by atomic mass is 19.1. The van der Waals surface area contributed by atoms with E-state index in [1.54, 1.807) is 0 Å². The molecule has 0 aromatic heterocycles. The van der Waals surface area contributed by atoms with Crippen LogP contribution in [0.5, 0.6) is 0 Å². The lowest BCUT2D eigenvalue weighted by Gasteiger charge is -2.29. The quantitative estimate of drug-likeness (QED) is 0.705. The monoisotopic (exact) mass is 297 g/mol. The van der Waals surface area contributed by atoms with Gasteiger partial charge in [-0.3, -0.25) is 0 Å². The van der Waals surface area contributed by atoms with E-state index in [0.717, 1.165) is 12.1 Å². The van der Waals surface area contributed by atoms with E-state index in [9.17, 15) is 14.3 Å². The Kier molecular flexibility index (Phi) is 4.34. The van der Waals surface area contributed by atoms with E-state index in [-0.39, 0.29) is 11.7 Å². The largest absolute Gasteiger partial charge is 0.478 e. The van der Waals surface area contributed by atoms with Gasteiger partial charge in [0.05, 0.1) is 23.0 Å². The standard InChI is InChI=1S/C14H20FN3O3/c1-17(2)6-8-3-9(19)7-18(8)13-5-11(15)10(14(20)21)4-12(13)16/h4-5,8-9,19H,3,6-7,16H2,1-2H3,(H,20,21). The summed E-state index contributed by atoms with van der Waals surface area (Å²) in [6, 6.07) is 2.27. The summed E-state index contributed by atoms with van der Waals surface area (Å²) in [5.74, 6) is -2.17. The van der Waals surface area contributed by atoms with E-state index in [2.05, 4.69) is 0 Å². The lowest BCUT2D eigenvalue weighted by molar-refractivity contribution is 0.0692. The number of carbonyl (C=O) groups is 1. The second-order valence-electron chi connectivity index (χ2n) is 5.65. The van der Waals surface area contributed by atoms with Crippen molar-refractivity contribution in [2.75, 3.05) is 37.8 Å². The number of β-amino-alcohol motifs (C(OH)–C–C–N with tert-alkyl or cyclic N) is 1. The van der Waals surface area contributed by atoms with Crippen LogP contribution >= 0.6 is 0 Å². The van der Waals surface area contributed by atoms with Gasteiger partial charge in [0.25, 0.3) is 0 Å². The van der Waals surface area contributed by atoms with E-state index < -0.39 is 23.5 Å². The van der Waals surface area contributed by atoms with Crippen molar-refractivity contribution in [3.8, 4) is 0 Å². The summed E-state index contributed by atoms with van der Waals surface area (Å²) in [6.45, 7) is 1.05. The van der Waals surface area contributed by atoms with E-state index in [4.69, 9.17) is 10.8 Å². The molecule has 2 unspecified atom stereocenters. The van der Waals surface area contributed by atoms with Crippen molar-refractivity contribution in [2.24, 2.45) is 0 Å². The molecule has 1 aromatic rings. The van der Waals surface area contributed by atoms with Crippen molar-refractivity contribution in [1.82, 2.24) is 4.90 Å². The maximum atomic E-state index is 13.9. The summed E-state index contributed by atoms with van der Waals surface area (Å²) in [6.07, 6.45) is 0.0662. The zero-order chi connectivity index (χ0) is 15.7. The van der Waals surface area contributed by atoms with Gasteiger partial charge in [0, 0.05) is 25.2 Å². The van der Waals surface area contributed by atoms with Crippen LogP contribution in [0.4, 0.5) is 15.8 Å². The molecule has 1 heterocycles. The molecule has 1 aromatic carbocycles. The van der Waals surface area contributed by atoms with E-state index >= 15 is 0 Å². The molecule has 4 N–H and O–H groups in total. The summed E-state index contributed by atoms with van der Waals surface area (Å²) >= 11 is 0. The Labute approximate surface area is 122 Å². The van der Waals surface area contributed by atoms with Crippen molar-refractivity contribution >= 4 is 17.3 Å². The fourth-order valence-corrected chi connectivity index (χ4v) is 2.77. The summed E-state index contributed by atoms with van der Waals surface area (Å²) in [4.78, 5) is 14.7. The van der Waals surface area contributed by atoms with Gasteiger partial charge in [-0.15, -0.1) is 0 Å². The number of hydrogen-bond donors (Lipinski definition) is 3. The Bertz CT molecular complexity index is 551. The molecule has 1 fully saturated rings. The van der Waals surface area contributed by atoms with Crippen LogP contribution in [-0.2, 0) is 0 Å². The van der Waals surface area contributed by atoms with Crippen LogP contribution in [0.25, 0.3) is 0 Å². The molecule has 1 aliphatic rings. The molecule has 6 nitrogen and oxygen atoms in total. The highest BCUT2D eigenvalue weighted by Crippen LogP contribution is 2.32. The zero-order valence-corrected chi connectivity index (χ0v) is 12.1. The fourth-order valence-electron chi connectivity index (χ4n) is 2.77. The van der Waals surface area contributed by atoms with Gasteiger partial charge in [0.1, 0.15) is 5.82 Å². The summed E-state index contributed by atoms with van der Waals surface area (Å²) < 4.78 is 13.9. The molecule has 2 atom stereocenters. The van der Waals surface area contributed by atoms with Crippen molar-refractivity contribution in [3.05, 3.63) is 23.5 Å². The first kappa shape index (κ1) is 15.5. The second-order valence-corrected chi connectivity index (χ2v) is 5.65. The first-order valence-electron chi connectivity index (χ1n) is 6.71. The minimum absolute atomic E-state index is 0.00683. The van der Waals surface area contributed by atoms with Gasteiger partial charge in [0.15, 0.2) is 0 Å². The van der Waals surface area contributed by atoms with Gasteiger partial charge in [-0.1, -0.05) is 0 Å². The van der Waals surface area contributed by atoms with Gasteiger partial charge in [0.2, 0.25) is 0 Å². The molecular weight excluding hydrogens is 277 g/mol. The van der Waals surface area contributed by atoms with Crippen LogP contribution in [-0.4, -0.2) is 60.4 Å². The number of aliphatic hydroxyl groups excluding tert-OH is 1. The van der Waals surface area contributed by atoms with Crippen molar-refractivity contribution in [1.29, 1.82) is 0 Å². The third kappa shape index (κ3) is 3.25. The number of aliphatic hydroxyl groups is 1. The number of nitrogens with zero attached hydrogens (tertiary/aromatic N) is 2. The van der Waals surface area contributed by atoms with Crippen molar-refractivity contribution < 1.29 is 19.4 Å². The predicted octanol–water partition coefficient (Wildman–Crippen LogP) is 0.607. The van der Waals surface area contributed by atoms with Crippen molar-refractivity contribution in [2.45, 2.75) is 18.6 Å². The molecule has 0 spiro atoms. The van der Waals surface area contributed by atoms with Gasteiger partial charge >= 0.3 is 5.97 Å². The molecule has 0 amide bonds. The molecule has 0 aliphatic carbocycles. The smallest absolute Gasteiger partial charge is 0.338 e. The SMILES string of the molecule is CN(C)CC1CC(O)CN1c1cc(F)c(C(=O)O)cc1N. The summed E-state index contributed by atoms with van der Waals surface area (Å²) in [5, 5.41) is 18.8. The Hall–Kier alpha value is -1.86. The number of anilines is 2. The minimum atomic E-state index is -1.35. The number of aromatic carboxylic acids is 1. The number of likely N-dealkylation sites (N-methyl/N-ethyl adjacent to an activating group) is 1. The first-order valence-corrected chi connectivity index (χ1v) is 6.71. The number of carboxylic acid groups (broad SMARTS) is 1. The maximum absolute atomic E-state index is 13.9. The van der Waals surface area contributed by atoms with Crippen LogP contribution in [0.3, 0.4) is 0 Å². The number of benzene rings is 1. The number of nitrogen functional groups attached to an aromatic ring is 1. The fraction of sp³-hybridized carbons (Fsp3) is 0.500. The Morgan fingerprint density at radius 1 is 1.52 bits per heavy atom. The van der Waals surface area contributed by atoms with E-state index in [0.29, 0.717) is 25.2 Å². The number of halogens is 1. The van der Waals surface area contributed by atoms with Crippen LogP contribution in [0.1, 0.15) is 16.8 Å². The van der Waals surface area contributed by atoms with Gasteiger partial charge in [-0.2, -0.15) is 0 Å². The number of hydrogen-bond acceptors (Lipinski definition) is 5. The highest BCUT2D eigenvalue weighted by molar-refractivity contribution is 5.91. The van der Waals surface area contributed by atoms with Crippen molar-refractivity contribution in [3.63, 3.8) is 0 Å². The molecule has 21 heavy (non-hydrogen) atoms. The predicted molar refractivity (Wildman–Crippen MR) is 78.1 cm³/mol. The Morgan fingerprint density at radius 3 is 2.76 bits per heavy atom. The minimum Gasteiger partial charge on any atom is -0.478 e. The topological polar surface area (TPSA) is 90.0 Å². The van der Waals surface area contributed by atoms with E-state index in [1.807, 2.05) is 23.9 Å². The number of carboxylic acids is 1. The molecule has 1 saturated heterocycles. The maximum Gasteiger partial charge on any atom is 0.338 e. The third-order valence-electron chi connectivity index (χ3n) is 3.62. The lowest BCUT2D eigenvalue weighted by Crippen LogP contribution is -2.38. The average Bonchev–Trinajstić information content (AvgIpc) is 2.71. The summed E-state index contributed by atoms with van der Waals surface area (Å²) in [7, 11) is 3.83. The molecule has 7 heteroatoms. The molecule has 2 rings (SSSR count). The van der Waals surface area contributed by atoms with Crippen LogP contribution in [0, 0.1) is 5.82 Å². The normalized spacial score (nSPS) is 22.0. The molecule has 116 valence electrons. The average molecular weight is 297 g/mol. The molecule has 0 saturated carbocycles.